The Hall–Kier alpha value is -2.81. The molecule has 5 rings (SSSR count). The molecule has 9 heteroatoms. The van der Waals surface area contributed by atoms with Crippen LogP contribution in [0.2, 0.25) is 0 Å². The number of nitrogens with one attached hydrogen (secondary N) is 1. The van der Waals surface area contributed by atoms with Crippen molar-refractivity contribution < 1.29 is 17.9 Å². The van der Waals surface area contributed by atoms with Gasteiger partial charge in [0.1, 0.15) is 11.6 Å². The second-order valence-electron chi connectivity index (χ2n) is 7.52. The fourth-order valence-corrected chi connectivity index (χ4v) is 4.80. The van der Waals surface area contributed by atoms with E-state index in [9.17, 15) is 13.2 Å². The van der Waals surface area contributed by atoms with Gasteiger partial charge >= 0.3 is 6.18 Å². The van der Waals surface area contributed by atoms with Gasteiger partial charge in [-0.3, -0.25) is 0 Å². The van der Waals surface area contributed by atoms with E-state index in [0.29, 0.717) is 36.1 Å². The number of fused-ring (bicyclic) bond motifs is 2. The molecule has 1 unspecified atom stereocenters. The summed E-state index contributed by atoms with van der Waals surface area (Å²) in [5, 5.41) is 5.48. The number of ether oxygens (including phenoxy) is 1. The molecule has 0 fully saturated rings. The molecule has 3 heterocycles. The van der Waals surface area contributed by atoms with E-state index in [2.05, 4.69) is 31.0 Å². The molecule has 1 atom stereocenters. The summed E-state index contributed by atoms with van der Waals surface area (Å²) in [5.74, 6) is 1.26. The Labute approximate surface area is 184 Å². The molecule has 2 aromatic heterocycles. The molecular weight excluding hydrogens is 473 g/mol. The van der Waals surface area contributed by atoms with Crippen LogP contribution in [0.25, 0.3) is 22.4 Å². The lowest BCUT2D eigenvalue weighted by atomic mass is 9.88. The van der Waals surface area contributed by atoms with E-state index >= 15 is 0 Å². The van der Waals surface area contributed by atoms with Gasteiger partial charge in [-0.15, -0.1) is 5.10 Å². The highest BCUT2D eigenvalue weighted by Crippen LogP contribution is 2.41. The van der Waals surface area contributed by atoms with Crippen LogP contribution in [0.1, 0.15) is 35.7 Å². The molecule has 0 aliphatic carbocycles. The number of halogens is 4. The number of aromatic nitrogens is 4. The number of aryl methyl sites for hydroxylation is 1. The summed E-state index contributed by atoms with van der Waals surface area (Å²) < 4.78 is 48.9. The minimum atomic E-state index is -4.41. The van der Waals surface area contributed by atoms with E-state index in [4.69, 9.17) is 4.74 Å². The Morgan fingerprint density at radius 1 is 1.19 bits per heavy atom. The number of rotatable bonds is 3. The van der Waals surface area contributed by atoms with Gasteiger partial charge in [-0.2, -0.15) is 13.2 Å². The normalized spacial score (nSPS) is 16.5. The van der Waals surface area contributed by atoms with Crippen molar-refractivity contribution in [3.8, 4) is 17.3 Å². The maximum absolute atomic E-state index is 13.6. The number of nitrogens with zero attached hydrogens (tertiary/aromatic N) is 3. The third-order valence-electron chi connectivity index (χ3n) is 5.67. The first-order chi connectivity index (χ1) is 14.9. The molecule has 0 amide bonds. The Kier molecular flexibility index (Phi) is 4.80. The first-order valence-electron chi connectivity index (χ1n) is 9.83. The van der Waals surface area contributed by atoms with Crippen molar-refractivity contribution in [2.75, 3.05) is 7.11 Å². The van der Waals surface area contributed by atoms with E-state index < -0.39 is 17.7 Å². The topological polar surface area (TPSA) is 55.7 Å². The van der Waals surface area contributed by atoms with Gasteiger partial charge in [0.2, 0.25) is 0 Å². The van der Waals surface area contributed by atoms with Crippen LogP contribution in [-0.2, 0) is 12.7 Å². The Morgan fingerprint density at radius 3 is 2.77 bits per heavy atom. The largest absolute Gasteiger partial charge is 0.495 e. The number of alkyl halides is 3. The van der Waals surface area contributed by atoms with Crippen LogP contribution in [-0.4, -0.2) is 26.9 Å². The van der Waals surface area contributed by atoms with Crippen molar-refractivity contribution in [3.05, 3.63) is 63.9 Å². The SMILES string of the molecule is COc1c(Br)ccc2[nH]c(-c3nc4n(n3)CCCC4c3ccccc3C(F)(F)F)cc12. The van der Waals surface area contributed by atoms with Crippen LogP contribution in [0.15, 0.2) is 46.9 Å². The number of hydrogen-bond acceptors (Lipinski definition) is 3. The highest BCUT2D eigenvalue weighted by molar-refractivity contribution is 9.10. The molecule has 4 aromatic rings. The molecule has 1 N–H and O–H groups in total. The average Bonchev–Trinajstić information content (AvgIpc) is 3.37. The summed E-state index contributed by atoms with van der Waals surface area (Å²) in [7, 11) is 1.60. The zero-order chi connectivity index (χ0) is 21.8. The van der Waals surface area contributed by atoms with Gasteiger partial charge in [0.25, 0.3) is 0 Å². The molecule has 1 aliphatic rings. The highest BCUT2D eigenvalue weighted by atomic mass is 79.9. The molecule has 5 nitrogen and oxygen atoms in total. The molecule has 0 radical (unpaired) electrons. The standard InChI is InChI=1S/C22H18BrF3N4O/c1-31-19-14-11-18(27-17(14)9-8-16(19)23)20-28-21-13(6-4-10-30(21)29-20)12-5-2-3-7-15(12)22(24,25)26/h2-3,5,7-9,11,13,27H,4,6,10H2,1H3. The Morgan fingerprint density at radius 2 is 2.00 bits per heavy atom. The summed E-state index contributed by atoms with van der Waals surface area (Å²) in [6.07, 6.45) is -3.08. The van der Waals surface area contributed by atoms with E-state index in [1.165, 1.54) is 6.07 Å². The molecular formula is C22H18BrF3N4O. The molecule has 31 heavy (non-hydrogen) atoms. The maximum Gasteiger partial charge on any atom is 0.416 e. The number of H-pyrrole nitrogens is 1. The predicted molar refractivity (Wildman–Crippen MR) is 114 cm³/mol. The quantitative estimate of drug-likeness (QED) is 0.375. The second-order valence-corrected chi connectivity index (χ2v) is 8.38. The third-order valence-corrected chi connectivity index (χ3v) is 6.29. The highest BCUT2D eigenvalue weighted by Gasteiger charge is 2.37. The number of benzene rings is 2. The van der Waals surface area contributed by atoms with Crippen LogP contribution < -0.4 is 4.74 Å². The monoisotopic (exact) mass is 490 g/mol. The molecule has 0 saturated carbocycles. The molecule has 0 bridgehead atoms. The summed E-state index contributed by atoms with van der Waals surface area (Å²) in [6, 6.07) is 11.4. The Bertz CT molecular complexity index is 1280. The van der Waals surface area contributed by atoms with E-state index in [0.717, 1.165) is 27.9 Å². The van der Waals surface area contributed by atoms with Crippen molar-refractivity contribution in [2.24, 2.45) is 0 Å². The average molecular weight is 491 g/mol. The zero-order valence-electron chi connectivity index (χ0n) is 16.5. The predicted octanol–water partition coefficient (Wildman–Crippen LogP) is 6.14. The van der Waals surface area contributed by atoms with Crippen molar-refractivity contribution in [1.29, 1.82) is 0 Å². The summed E-state index contributed by atoms with van der Waals surface area (Å²) in [4.78, 5) is 7.97. The van der Waals surface area contributed by atoms with Crippen molar-refractivity contribution in [1.82, 2.24) is 19.7 Å². The number of methoxy groups -OCH3 is 1. The molecule has 160 valence electrons. The van der Waals surface area contributed by atoms with Gasteiger partial charge in [0.15, 0.2) is 5.82 Å². The zero-order valence-corrected chi connectivity index (χ0v) is 18.1. The first-order valence-corrected chi connectivity index (χ1v) is 10.6. The van der Waals surface area contributed by atoms with Gasteiger partial charge in [-0.1, -0.05) is 18.2 Å². The lowest BCUT2D eigenvalue weighted by Crippen LogP contribution is -2.21. The number of aromatic amines is 1. The lowest BCUT2D eigenvalue weighted by molar-refractivity contribution is -0.138. The second kappa shape index (κ2) is 7.40. The fraction of sp³-hybridized carbons (Fsp3) is 0.273. The minimum Gasteiger partial charge on any atom is -0.495 e. The minimum absolute atomic E-state index is 0.247. The summed E-state index contributed by atoms with van der Waals surface area (Å²) >= 11 is 3.48. The van der Waals surface area contributed by atoms with Gasteiger partial charge < -0.3 is 9.72 Å². The van der Waals surface area contributed by atoms with Crippen molar-refractivity contribution in [2.45, 2.75) is 31.5 Å². The maximum atomic E-state index is 13.6. The number of hydrogen-bond donors (Lipinski definition) is 1. The van der Waals surface area contributed by atoms with E-state index in [1.54, 1.807) is 23.9 Å². The van der Waals surface area contributed by atoms with Crippen LogP contribution >= 0.6 is 15.9 Å². The van der Waals surface area contributed by atoms with E-state index in [1.807, 2.05) is 18.2 Å². The van der Waals surface area contributed by atoms with Gasteiger partial charge in [0, 0.05) is 23.4 Å². The summed E-state index contributed by atoms with van der Waals surface area (Å²) in [6.45, 7) is 0.627. The van der Waals surface area contributed by atoms with Crippen molar-refractivity contribution >= 4 is 26.8 Å². The van der Waals surface area contributed by atoms with Gasteiger partial charge in [-0.25, -0.2) is 9.67 Å². The van der Waals surface area contributed by atoms with Crippen molar-refractivity contribution in [3.63, 3.8) is 0 Å². The smallest absolute Gasteiger partial charge is 0.416 e. The van der Waals surface area contributed by atoms with Crippen LogP contribution in [0.5, 0.6) is 5.75 Å². The molecule has 1 aliphatic heterocycles. The lowest BCUT2D eigenvalue weighted by Gasteiger charge is -2.25. The van der Waals surface area contributed by atoms with Crippen LogP contribution in [0.4, 0.5) is 13.2 Å². The van der Waals surface area contributed by atoms with Crippen LogP contribution in [0.3, 0.4) is 0 Å². The molecule has 0 spiro atoms. The Balaban J connectivity index is 1.60. The van der Waals surface area contributed by atoms with Gasteiger partial charge in [0.05, 0.1) is 22.8 Å². The van der Waals surface area contributed by atoms with Crippen LogP contribution in [0, 0.1) is 0 Å². The first kappa shape index (κ1) is 20.1. The molecule has 2 aromatic carbocycles. The van der Waals surface area contributed by atoms with E-state index in [-0.39, 0.29) is 5.56 Å². The third kappa shape index (κ3) is 3.40. The van der Waals surface area contributed by atoms with Gasteiger partial charge in [-0.05, 0) is 58.6 Å². The fourth-order valence-electron chi connectivity index (χ4n) is 4.30. The molecule has 0 saturated heterocycles. The summed E-state index contributed by atoms with van der Waals surface area (Å²) in [5.41, 5.74) is 1.19.